The Labute approximate surface area is 147 Å². The lowest BCUT2D eigenvalue weighted by molar-refractivity contribution is -0.137. The van der Waals surface area contributed by atoms with Crippen LogP contribution in [0.2, 0.25) is 5.02 Å². The Kier molecular flexibility index (Phi) is 4.73. The smallest absolute Gasteiger partial charge is 0.336 e. The molecule has 25 heavy (non-hydrogen) atoms. The average Bonchev–Trinajstić information content (AvgIpc) is 3.14. The van der Waals surface area contributed by atoms with Gasteiger partial charge >= 0.3 is 6.18 Å². The van der Waals surface area contributed by atoms with Gasteiger partial charge in [-0.3, -0.25) is 4.79 Å². The molecule has 2 N–H and O–H groups in total. The highest BCUT2D eigenvalue weighted by Gasteiger charge is 2.40. The summed E-state index contributed by atoms with van der Waals surface area (Å²) in [6.45, 7) is 0.621. The van der Waals surface area contributed by atoms with Crippen LogP contribution in [-0.2, 0) is 21.0 Å². The molecule has 138 valence electrons. The number of carbonyl (C=O) groups is 1. The number of piperazine rings is 1. The highest BCUT2D eigenvalue weighted by molar-refractivity contribution is 7.89. The number of alkyl halides is 3. The first-order chi connectivity index (χ1) is 11.6. The molecule has 0 unspecified atom stereocenters. The number of amides is 1. The van der Waals surface area contributed by atoms with Crippen LogP contribution >= 0.6 is 11.6 Å². The maximum absolute atomic E-state index is 12.8. The van der Waals surface area contributed by atoms with Crippen molar-refractivity contribution in [2.45, 2.75) is 29.6 Å². The van der Waals surface area contributed by atoms with Crippen molar-refractivity contribution >= 4 is 27.5 Å². The van der Waals surface area contributed by atoms with Crippen molar-refractivity contribution in [2.75, 3.05) is 19.6 Å². The summed E-state index contributed by atoms with van der Waals surface area (Å²) in [5.74, 6) is -0.416. The van der Waals surface area contributed by atoms with Gasteiger partial charge in [-0.25, -0.2) is 13.1 Å². The molecule has 2 heterocycles. The van der Waals surface area contributed by atoms with Crippen molar-refractivity contribution in [3.8, 4) is 0 Å². The molecule has 0 spiro atoms. The van der Waals surface area contributed by atoms with E-state index in [-0.39, 0.29) is 17.1 Å². The Balaban J connectivity index is 1.73. The number of nitrogens with zero attached hydrogens (tertiary/aromatic N) is 1. The maximum atomic E-state index is 12.8. The van der Waals surface area contributed by atoms with Gasteiger partial charge in [0.1, 0.15) is 4.90 Å². The second-order valence-electron chi connectivity index (χ2n) is 6.01. The van der Waals surface area contributed by atoms with Crippen LogP contribution in [0, 0.1) is 0 Å². The maximum Gasteiger partial charge on any atom is 0.416 e. The quantitative estimate of drug-likeness (QED) is 0.800. The van der Waals surface area contributed by atoms with Gasteiger partial charge in [-0.05, 0) is 24.6 Å². The zero-order valence-corrected chi connectivity index (χ0v) is 14.4. The number of hydrogen-bond donors (Lipinski definition) is 2. The third kappa shape index (κ3) is 3.76. The number of hydrogen-bond acceptors (Lipinski definition) is 4. The normalized spacial score (nSPS) is 23.3. The Morgan fingerprint density at radius 1 is 1.40 bits per heavy atom. The van der Waals surface area contributed by atoms with Crippen LogP contribution in [0.4, 0.5) is 13.2 Å². The zero-order valence-electron chi connectivity index (χ0n) is 12.8. The molecule has 2 bridgehead atoms. The van der Waals surface area contributed by atoms with E-state index in [0.717, 1.165) is 12.5 Å². The van der Waals surface area contributed by atoms with Gasteiger partial charge in [0.05, 0.1) is 17.1 Å². The highest BCUT2D eigenvalue weighted by atomic mass is 35.5. The summed E-state index contributed by atoms with van der Waals surface area (Å²) in [5, 5.41) is 2.86. The Morgan fingerprint density at radius 2 is 2.12 bits per heavy atom. The lowest BCUT2D eigenvalue weighted by Gasteiger charge is -2.27. The molecule has 2 fully saturated rings. The molecule has 0 aromatic heterocycles. The van der Waals surface area contributed by atoms with E-state index in [0.29, 0.717) is 25.2 Å². The van der Waals surface area contributed by atoms with E-state index in [4.69, 9.17) is 11.6 Å². The summed E-state index contributed by atoms with van der Waals surface area (Å²) >= 11 is 5.73. The molecular formula is C14H15ClF3N3O3S. The molecule has 0 saturated carbocycles. The van der Waals surface area contributed by atoms with Crippen LogP contribution < -0.4 is 10.0 Å². The summed E-state index contributed by atoms with van der Waals surface area (Å²) in [6.07, 6.45) is -3.88. The van der Waals surface area contributed by atoms with Crippen LogP contribution in [0.1, 0.15) is 12.0 Å². The van der Waals surface area contributed by atoms with Gasteiger partial charge in [-0.1, -0.05) is 11.6 Å². The molecule has 6 nitrogen and oxygen atoms in total. The number of fused-ring (bicyclic) bond motifs is 2. The van der Waals surface area contributed by atoms with Gasteiger partial charge in [0, 0.05) is 25.2 Å². The molecule has 2 atom stereocenters. The molecule has 0 radical (unpaired) electrons. The van der Waals surface area contributed by atoms with Crippen LogP contribution in [0.25, 0.3) is 0 Å². The Hall–Kier alpha value is -1.36. The lowest BCUT2D eigenvalue weighted by atomic mass is 10.2. The van der Waals surface area contributed by atoms with Gasteiger partial charge in [-0.15, -0.1) is 0 Å². The summed E-state index contributed by atoms with van der Waals surface area (Å²) < 4.78 is 64.9. The van der Waals surface area contributed by atoms with Gasteiger partial charge in [-0.2, -0.15) is 13.2 Å². The molecule has 0 aliphatic carbocycles. The van der Waals surface area contributed by atoms with E-state index in [9.17, 15) is 26.4 Å². The number of likely N-dealkylation sites (tertiary alicyclic amines) is 1. The number of nitrogens with one attached hydrogen (secondary N) is 2. The summed E-state index contributed by atoms with van der Waals surface area (Å²) in [7, 11) is -4.36. The van der Waals surface area contributed by atoms with Gasteiger partial charge in [0.2, 0.25) is 15.9 Å². The van der Waals surface area contributed by atoms with Crippen molar-refractivity contribution < 1.29 is 26.4 Å². The van der Waals surface area contributed by atoms with E-state index in [2.05, 4.69) is 5.32 Å². The third-order valence-electron chi connectivity index (χ3n) is 4.34. The van der Waals surface area contributed by atoms with Crippen LogP contribution in [0.5, 0.6) is 0 Å². The van der Waals surface area contributed by atoms with E-state index in [1.807, 2.05) is 4.72 Å². The molecule has 11 heteroatoms. The fourth-order valence-corrected chi connectivity index (χ4v) is 4.59. The predicted octanol–water partition coefficient (Wildman–Crippen LogP) is 1.21. The molecule has 2 aliphatic heterocycles. The van der Waals surface area contributed by atoms with Crippen molar-refractivity contribution in [3.05, 3.63) is 28.8 Å². The number of carbonyl (C=O) groups excluding carboxylic acids is 1. The number of benzene rings is 1. The molecule has 2 aliphatic rings. The molecule has 1 aromatic rings. The average molecular weight is 398 g/mol. The van der Waals surface area contributed by atoms with Crippen LogP contribution in [-0.4, -0.2) is 50.9 Å². The van der Waals surface area contributed by atoms with Crippen molar-refractivity contribution in [1.29, 1.82) is 0 Å². The zero-order chi connectivity index (χ0) is 18.4. The van der Waals surface area contributed by atoms with Gasteiger partial charge in [0.15, 0.2) is 0 Å². The molecule has 1 aromatic carbocycles. The minimum absolute atomic E-state index is 0.0270. The second-order valence-corrected chi connectivity index (χ2v) is 8.15. The monoisotopic (exact) mass is 397 g/mol. The number of rotatable bonds is 4. The minimum Gasteiger partial charge on any atom is -0.336 e. The molecular weight excluding hydrogens is 383 g/mol. The van der Waals surface area contributed by atoms with Crippen LogP contribution in [0.15, 0.2) is 23.1 Å². The lowest BCUT2D eigenvalue weighted by Crippen LogP contribution is -2.49. The molecule has 3 rings (SSSR count). The predicted molar refractivity (Wildman–Crippen MR) is 83.6 cm³/mol. The Morgan fingerprint density at radius 3 is 2.68 bits per heavy atom. The summed E-state index contributed by atoms with van der Waals surface area (Å²) in [4.78, 5) is 13.1. The first kappa shape index (κ1) is 18.4. The fraction of sp³-hybridized carbons (Fsp3) is 0.500. The third-order valence-corrected chi connectivity index (χ3v) is 6.22. The number of halogens is 4. The van der Waals surface area contributed by atoms with Crippen LogP contribution in [0.3, 0.4) is 0 Å². The Bertz CT molecular complexity index is 800. The van der Waals surface area contributed by atoms with Crippen molar-refractivity contribution in [1.82, 2.24) is 14.9 Å². The fourth-order valence-electron chi connectivity index (χ4n) is 3.09. The second kappa shape index (κ2) is 6.42. The van der Waals surface area contributed by atoms with Gasteiger partial charge < -0.3 is 10.2 Å². The first-order valence-corrected chi connectivity index (χ1v) is 9.33. The topological polar surface area (TPSA) is 78.5 Å². The van der Waals surface area contributed by atoms with E-state index < -0.39 is 39.1 Å². The minimum atomic E-state index is -4.70. The molecule has 1 amide bonds. The standard InChI is InChI=1S/C14H15ClF3N3O3S/c15-11-2-1-8(14(16,17)18)3-12(11)25(23,24)20-6-13(22)21-7-9-4-10(21)5-19-9/h1-3,9-10,19-20H,4-7H2/t9-,10-/m0/s1. The largest absolute Gasteiger partial charge is 0.416 e. The molecule has 2 saturated heterocycles. The highest BCUT2D eigenvalue weighted by Crippen LogP contribution is 2.33. The van der Waals surface area contributed by atoms with E-state index in [1.54, 1.807) is 4.90 Å². The summed E-state index contributed by atoms with van der Waals surface area (Å²) in [5.41, 5.74) is -1.13. The SMILES string of the molecule is O=C(CNS(=O)(=O)c1cc(C(F)(F)F)ccc1Cl)N1C[C@@H]2C[C@H]1CN2. The number of sulfonamides is 1. The van der Waals surface area contributed by atoms with Crippen molar-refractivity contribution in [3.63, 3.8) is 0 Å². The van der Waals surface area contributed by atoms with E-state index >= 15 is 0 Å². The first-order valence-electron chi connectivity index (χ1n) is 7.47. The van der Waals surface area contributed by atoms with Crippen molar-refractivity contribution in [2.24, 2.45) is 0 Å². The summed E-state index contributed by atoms with van der Waals surface area (Å²) in [6, 6.07) is 2.26. The van der Waals surface area contributed by atoms with E-state index in [1.165, 1.54) is 0 Å². The van der Waals surface area contributed by atoms with Gasteiger partial charge in [0.25, 0.3) is 0 Å².